The number of hydrogen-bond donors (Lipinski definition) is 7. The third kappa shape index (κ3) is 6.05. The van der Waals surface area contributed by atoms with E-state index in [9.17, 15) is 39.0 Å². The lowest BCUT2D eigenvalue weighted by molar-refractivity contribution is -0.0500. The van der Waals surface area contributed by atoms with Gasteiger partial charge in [0.1, 0.15) is 23.8 Å². The Morgan fingerprint density at radius 3 is 2.44 bits per heavy atom. The van der Waals surface area contributed by atoms with Gasteiger partial charge in [-0.05, 0) is 35.0 Å². The third-order valence-corrected chi connectivity index (χ3v) is 9.85. The van der Waals surface area contributed by atoms with Crippen LogP contribution in [-0.2, 0) is 31.6 Å². The molecule has 41 heavy (non-hydrogen) atoms. The van der Waals surface area contributed by atoms with Crippen molar-refractivity contribution in [1.82, 2.24) is 14.5 Å². The molecule has 0 radical (unpaired) electrons. The molecule has 3 unspecified atom stereocenters. The molecule has 218 valence electrons. The molecule has 3 heterocycles. The molecule has 0 saturated carbocycles. The summed E-state index contributed by atoms with van der Waals surface area (Å²) in [6, 6.07) is 10.6. The van der Waals surface area contributed by atoms with Crippen LogP contribution >= 0.6 is 23.5 Å². The van der Waals surface area contributed by atoms with Crippen LogP contribution in [0.4, 0.5) is 5.82 Å². The molecule has 4 aromatic rings. The maximum atomic E-state index is 12.1. The molecule has 0 amide bonds. The quantitative estimate of drug-likeness (QED) is 0.106. The van der Waals surface area contributed by atoms with Gasteiger partial charge in [-0.15, -0.1) is 0 Å². The van der Waals surface area contributed by atoms with Gasteiger partial charge in [-0.2, -0.15) is 13.9 Å². The van der Waals surface area contributed by atoms with Gasteiger partial charge in [-0.3, -0.25) is 4.52 Å². The first kappa shape index (κ1) is 29.6. The number of aromatic nitrogens is 3. The Labute approximate surface area is 228 Å². The fourth-order valence-corrected chi connectivity index (χ4v) is 7.43. The smallest absolute Gasteiger partial charge is 0.387 e. The molecule has 6 atom stereocenters. The molecule has 1 aliphatic rings. The number of pyridine rings is 1. The van der Waals surface area contributed by atoms with Gasteiger partial charge in [0.05, 0.1) is 35.6 Å². The number of aliphatic hydroxyl groups excluding tert-OH is 2. The Morgan fingerprint density at radius 2 is 1.76 bits per heavy atom. The summed E-state index contributed by atoms with van der Waals surface area (Å²) < 4.78 is 53.2. The average molecular weight is 631 g/mol. The van der Waals surface area contributed by atoms with Gasteiger partial charge in [0.15, 0.2) is 12.0 Å². The molecule has 2 aromatic carbocycles. The number of imidazole rings is 1. The van der Waals surface area contributed by atoms with Crippen molar-refractivity contribution < 1.29 is 61.4 Å². The number of nitrogens with zero attached hydrogens (tertiary/aromatic N) is 4. The first-order valence-electron chi connectivity index (χ1n) is 11.3. The number of ether oxygens (including phenoxy) is 1. The molecule has 8 N–H and O–H groups in total. The standard InChI is InChI=1S/C20H20N5O13P3/c21-6-9-1-2-10-5-13-12(4-11(10)3-9)16-15(19(22)24-13)23-8-25(16)20-18(27)17(26)14(36-20)7-35-40(31,32)38-41(33,34)37-39(28,29)30/h1-5,8,14,17-18,20,26-27H,7H2,(H2,22,24)(H,31,32)(H,33,34)(H2,28,29,30)/t14-,17?,18+,20-/m1/s1. The van der Waals surface area contributed by atoms with E-state index in [2.05, 4.69) is 29.2 Å². The number of phosphoric ester groups is 1. The van der Waals surface area contributed by atoms with Crippen LogP contribution in [0.25, 0.3) is 32.7 Å². The van der Waals surface area contributed by atoms with Crippen molar-refractivity contribution in [1.29, 1.82) is 5.26 Å². The largest absolute Gasteiger partial charge is 0.490 e. The van der Waals surface area contributed by atoms with Crippen LogP contribution in [0.2, 0.25) is 0 Å². The van der Waals surface area contributed by atoms with Gasteiger partial charge in [-0.1, -0.05) is 6.07 Å². The van der Waals surface area contributed by atoms with Crippen LogP contribution in [0.15, 0.2) is 36.7 Å². The van der Waals surface area contributed by atoms with Crippen molar-refractivity contribution in [3.8, 4) is 6.07 Å². The van der Waals surface area contributed by atoms with Crippen molar-refractivity contribution in [2.24, 2.45) is 0 Å². The Kier molecular flexibility index (Phi) is 7.56. The average Bonchev–Trinajstić information content (AvgIpc) is 3.41. The molecule has 5 rings (SSSR count). The second-order valence-corrected chi connectivity index (χ2v) is 13.2. The van der Waals surface area contributed by atoms with Crippen molar-refractivity contribution in [2.75, 3.05) is 12.3 Å². The minimum absolute atomic E-state index is 0.0523. The Bertz CT molecular complexity index is 1870. The summed E-state index contributed by atoms with van der Waals surface area (Å²) >= 11 is 0. The van der Waals surface area contributed by atoms with E-state index in [-0.39, 0.29) is 11.3 Å². The fraction of sp³-hybridized carbons (Fsp3) is 0.250. The van der Waals surface area contributed by atoms with Crippen molar-refractivity contribution >= 4 is 62.0 Å². The van der Waals surface area contributed by atoms with Crippen LogP contribution in [-0.4, -0.2) is 69.2 Å². The molecule has 0 spiro atoms. The maximum Gasteiger partial charge on any atom is 0.490 e. The number of phosphoric acid groups is 3. The topological polar surface area (TPSA) is 290 Å². The van der Waals surface area contributed by atoms with Crippen LogP contribution in [0, 0.1) is 11.3 Å². The second-order valence-electron chi connectivity index (χ2n) is 8.82. The molecule has 1 aliphatic heterocycles. The van der Waals surface area contributed by atoms with Crippen molar-refractivity contribution in [3.05, 3.63) is 42.2 Å². The number of benzene rings is 2. The highest BCUT2D eigenvalue weighted by molar-refractivity contribution is 7.66. The summed E-state index contributed by atoms with van der Waals surface area (Å²) in [7, 11) is -16.9. The van der Waals surface area contributed by atoms with Crippen LogP contribution in [0.3, 0.4) is 0 Å². The SMILES string of the molecule is N#Cc1ccc2cc3nc(N)c4ncn([C@@H]5O[C@H](COP(=O)(O)OP(=O)(O)OP(=O)(O)O)C(O)[C@@H]5O)c4c3cc2c1. The second kappa shape index (κ2) is 10.5. The summed E-state index contributed by atoms with van der Waals surface area (Å²) in [6.07, 6.45) is -4.98. The number of nitriles is 1. The minimum atomic E-state index is -5.76. The lowest BCUT2D eigenvalue weighted by Gasteiger charge is -2.19. The van der Waals surface area contributed by atoms with Crippen LogP contribution < -0.4 is 5.73 Å². The first-order chi connectivity index (χ1) is 19.1. The number of fused-ring (bicyclic) bond motifs is 4. The molecule has 18 nitrogen and oxygen atoms in total. The van der Waals surface area contributed by atoms with Gasteiger partial charge in [0.25, 0.3) is 0 Å². The van der Waals surface area contributed by atoms with E-state index < -0.39 is 54.6 Å². The molecule has 2 aromatic heterocycles. The molecule has 1 saturated heterocycles. The lowest BCUT2D eigenvalue weighted by Crippen LogP contribution is -2.33. The van der Waals surface area contributed by atoms with Gasteiger partial charge >= 0.3 is 23.5 Å². The van der Waals surface area contributed by atoms with Gasteiger partial charge < -0.3 is 44.8 Å². The number of hydrogen-bond acceptors (Lipinski definition) is 13. The summed E-state index contributed by atoms with van der Waals surface area (Å²) in [5.74, 6) is 0.0523. The van der Waals surface area contributed by atoms with E-state index in [0.29, 0.717) is 27.4 Å². The van der Waals surface area contributed by atoms with Crippen LogP contribution in [0.5, 0.6) is 0 Å². The first-order valence-corrected chi connectivity index (χ1v) is 15.8. The zero-order valence-electron chi connectivity index (χ0n) is 20.2. The minimum Gasteiger partial charge on any atom is -0.387 e. The molecule has 0 bridgehead atoms. The highest BCUT2D eigenvalue weighted by Gasteiger charge is 2.47. The molecule has 1 fully saturated rings. The van der Waals surface area contributed by atoms with Gasteiger partial charge in [0, 0.05) is 5.39 Å². The predicted octanol–water partition coefficient (Wildman–Crippen LogP) is 1.15. The summed E-state index contributed by atoms with van der Waals surface area (Å²) in [5, 5.41) is 32.6. The van der Waals surface area contributed by atoms with Crippen molar-refractivity contribution in [3.63, 3.8) is 0 Å². The normalized spacial score (nSPS) is 24.4. The van der Waals surface area contributed by atoms with E-state index in [1.54, 1.807) is 30.3 Å². The van der Waals surface area contributed by atoms with Gasteiger partial charge in [0.2, 0.25) is 0 Å². The number of aliphatic hydroxyl groups is 2. The van der Waals surface area contributed by atoms with Crippen LogP contribution in [0.1, 0.15) is 11.8 Å². The number of rotatable bonds is 8. The number of anilines is 1. The van der Waals surface area contributed by atoms with Crippen molar-refractivity contribution in [2.45, 2.75) is 24.5 Å². The van der Waals surface area contributed by atoms with E-state index in [1.807, 2.05) is 0 Å². The highest BCUT2D eigenvalue weighted by atomic mass is 31.3. The number of nitrogens with two attached hydrogens (primary N) is 1. The summed E-state index contributed by atoms with van der Waals surface area (Å²) in [4.78, 5) is 44.9. The summed E-state index contributed by atoms with van der Waals surface area (Å²) in [5.41, 5.74) is 7.57. The zero-order chi connectivity index (χ0) is 29.9. The van der Waals surface area contributed by atoms with E-state index in [0.717, 1.165) is 5.39 Å². The Hall–Kier alpha value is -2.84. The highest BCUT2D eigenvalue weighted by Crippen LogP contribution is 2.66. The maximum absolute atomic E-state index is 12.1. The Balaban J connectivity index is 1.44. The van der Waals surface area contributed by atoms with E-state index >= 15 is 0 Å². The molecule has 21 heteroatoms. The molecular formula is C20H20N5O13P3. The Morgan fingerprint density at radius 1 is 1.02 bits per heavy atom. The molecular weight excluding hydrogens is 611 g/mol. The van der Waals surface area contributed by atoms with Gasteiger partial charge in [-0.25, -0.2) is 23.7 Å². The predicted molar refractivity (Wildman–Crippen MR) is 137 cm³/mol. The monoisotopic (exact) mass is 631 g/mol. The fourth-order valence-electron chi connectivity index (χ4n) is 4.40. The third-order valence-electron chi connectivity index (χ3n) is 6.05. The zero-order valence-corrected chi connectivity index (χ0v) is 22.9. The summed E-state index contributed by atoms with van der Waals surface area (Å²) in [6.45, 7) is -0.989. The molecule has 0 aliphatic carbocycles. The lowest BCUT2D eigenvalue weighted by atomic mass is 10.0. The number of nitrogen functional groups attached to an aromatic ring is 1. The van der Waals surface area contributed by atoms with E-state index in [4.69, 9.17) is 20.3 Å². The van der Waals surface area contributed by atoms with E-state index in [1.165, 1.54) is 10.9 Å².